The summed E-state index contributed by atoms with van der Waals surface area (Å²) in [5.41, 5.74) is 5.99. The SMILES string of the molecule is CC(Cc1ccco1)NS(=O)(=O)c1cc(Cl)cc(N)c1Br. The zero-order chi connectivity index (χ0) is 15.6. The number of halogens is 2. The van der Waals surface area contributed by atoms with E-state index in [2.05, 4.69) is 20.7 Å². The van der Waals surface area contributed by atoms with Gasteiger partial charge in [0, 0.05) is 23.2 Å². The van der Waals surface area contributed by atoms with Crippen LogP contribution in [0.2, 0.25) is 5.02 Å². The Labute approximate surface area is 136 Å². The minimum atomic E-state index is -3.74. The van der Waals surface area contributed by atoms with E-state index in [0.717, 1.165) is 0 Å². The predicted octanol–water partition coefficient (Wildman–Crippen LogP) is 3.19. The number of hydrogen-bond donors (Lipinski definition) is 2. The summed E-state index contributed by atoms with van der Waals surface area (Å²) in [7, 11) is -3.74. The molecule has 3 N–H and O–H groups in total. The molecule has 0 aliphatic heterocycles. The van der Waals surface area contributed by atoms with Gasteiger partial charge in [-0.2, -0.15) is 0 Å². The normalized spacial score (nSPS) is 13.3. The Balaban J connectivity index is 2.22. The van der Waals surface area contributed by atoms with Crippen molar-refractivity contribution in [1.29, 1.82) is 0 Å². The molecule has 0 fully saturated rings. The molecule has 1 unspecified atom stereocenters. The van der Waals surface area contributed by atoms with Gasteiger partial charge in [0.2, 0.25) is 10.0 Å². The third-order valence-electron chi connectivity index (χ3n) is 2.77. The molecule has 114 valence electrons. The third kappa shape index (κ3) is 4.00. The van der Waals surface area contributed by atoms with E-state index in [4.69, 9.17) is 21.8 Å². The highest BCUT2D eigenvalue weighted by Crippen LogP contribution is 2.31. The van der Waals surface area contributed by atoms with Crippen LogP contribution in [0.4, 0.5) is 5.69 Å². The van der Waals surface area contributed by atoms with Crippen molar-refractivity contribution in [3.8, 4) is 0 Å². The summed E-state index contributed by atoms with van der Waals surface area (Å²) in [6.45, 7) is 1.75. The molecule has 0 saturated heterocycles. The van der Waals surface area contributed by atoms with Gasteiger partial charge in [-0.25, -0.2) is 13.1 Å². The van der Waals surface area contributed by atoms with Crippen LogP contribution >= 0.6 is 27.5 Å². The van der Waals surface area contributed by atoms with E-state index < -0.39 is 10.0 Å². The number of nitrogens with one attached hydrogen (secondary N) is 1. The van der Waals surface area contributed by atoms with E-state index in [9.17, 15) is 8.42 Å². The number of benzene rings is 1. The minimum absolute atomic E-state index is 0.0128. The van der Waals surface area contributed by atoms with Crippen LogP contribution in [-0.4, -0.2) is 14.5 Å². The Morgan fingerprint density at radius 1 is 1.48 bits per heavy atom. The van der Waals surface area contributed by atoms with Crippen molar-refractivity contribution in [2.75, 3.05) is 5.73 Å². The highest BCUT2D eigenvalue weighted by atomic mass is 79.9. The average molecular weight is 394 g/mol. The van der Waals surface area contributed by atoms with Crippen molar-refractivity contribution in [3.05, 3.63) is 45.8 Å². The standard InChI is InChI=1S/C13H14BrClN2O3S/c1-8(5-10-3-2-4-20-10)17-21(18,19)12-7-9(15)6-11(16)13(12)14/h2-4,6-8,17H,5,16H2,1H3. The summed E-state index contributed by atoms with van der Waals surface area (Å²) >= 11 is 9.05. The number of anilines is 1. The first-order valence-corrected chi connectivity index (χ1v) is 8.74. The van der Waals surface area contributed by atoms with Crippen molar-refractivity contribution >= 4 is 43.2 Å². The first-order chi connectivity index (χ1) is 9.79. The fourth-order valence-electron chi connectivity index (χ4n) is 1.88. The molecule has 0 saturated carbocycles. The van der Waals surface area contributed by atoms with Gasteiger partial charge in [0.25, 0.3) is 0 Å². The molecule has 1 aromatic carbocycles. The number of furan rings is 1. The molecule has 2 rings (SSSR count). The molecule has 0 bridgehead atoms. The summed E-state index contributed by atoms with van der Waals surface area (Å²) in [5.74, 6) is 0.704. The molecule has 1 heterocycles. The van der Waals surface area contributed by atoms with E-state index in [0.29, 0.717) is 16.7 Å². The maximum absolute atomic E-state index is 12.4. The molecule has 1 aromatic heterocycles. The largest absolute Gasteiger partial charge is 0.469 e. The lowest BCUT2D eigenvalue weighted by Crippen LogP contribution is -2.34. The Morgan fingerprint density at radius 2 is 2.19 bits per heavy atom. The number of nitrogens with two attached hydrogens (primary N) is 1. The molecule has 1 atom stereocenters. The van der Waals surface area contributed by atoms with Crippen molar-refractivity contribution < 1.29 is 12.8 Å². The molecular formula is C13H14BrClN2O3S. The van der Waals surface area contributed by atoms with Gasteiger partial charge in [-0.1, -0.05) is 11.6 Å². The molecule has 8 heteroatoms. The van der Waals surface area contributed by atoms with E-state index >= 15 is 0 Å². The van der Waals surface area contributed by atoms with Crippen LogP contribution in [0.3, 0.4) is 0 Å². The zero-order valence-electron chi connectivity index (χ0n) is 11.1. The van der Waals surface area contributed by atoms with Crippen LogP contribution < -0.4 is 10.5 Å². The quantitative estimate of drug-likeness (QED) is 0.764. The fourth-order valence-corrected chi connectivity index (χ4v) is 4.42. The highest BCUT2D eigenvalue weighted by Gasteiger charge is 2.22. The Hall–Kier alpha value is -1.02. The molecule has 0 spiro atoms. The molecule has 0 aliphatic rings. The Morgan fingerprint density at radius 3 is 2.81 bits per heavy atom. The van der Waals surface area contributed by atoms with Crippen molar-refractivity contribution in [1.82, 2.24) is 4.72 Å². The van der Waals surface area contributed by atoms with Crippen LogP contribution in [0.25, 0.3) is 0 Å². The summed E-state index contributed by atoms with van der Waals surface area (Å²) in [4.78, 5) is 0.0128. The molecule has 0 radical (unpaired) electrons. The third-order valence-corrected chi connectivity index (χ3v) is 5.74. The maximum atomic E-state index is 12.4. The number of sulfonamides is 1. The summed E-state index contributed by atoms with van der Waals surface area (Å²) in [6, 6.07) is 6.04. The van der Waals surface area contributed by atoms with Gasteiger partial charge < -0.3 is 10.2 Å². The van der Waals surface area contributed by atoms with Crippen LogP contribution in [0.5, 0.6) is 0 Å². The molecule has 5 nitrogen and oxygen atoms in total. The van der Waals surface area contributed by atoms with Gasteiger partial charge in [-0.05, 0) is 47.1 Å². The fraction of sp³-hybridized carbons (Fsp3) is 0.231. The smallest absolute Gasteiger partial charge is 0.242 e. The second kappa shape index (κ2) is 6.39. The molecule has 0 amide bonds. The van der Waals surface area contributed by atoms with Crippen molar-refractivity contribution in [3.63, 3.8) is 0 Å². The molecular weight excluding hydrogens is 380 g/mol. The topological polar surface area (TPSA) is 85.3 Å². The second-order valence-electron chi connectivity index (χ2n) is 4.61. The van der Waals surface area contributed by atoms with Gasteiger partial charge in [0.05, 0.1) is 15.6 Å². The average Bonchev–Trinajstić information content (AvgIpc) is 2.85. The van der Waals surface area contributed by atoms with Crippen LogP contribution in [0.15, 0.2) is 44.3 Å². The van der Waals surface area contributed by atoms with Gasteiger partial charge >= 0.3 is 0 Å². The lowest BCUT2D eigenvalue weighted by atomic mass is 10.2. The Bertz CT molecular complexity index is 732. The predicted molar refractivity (Wildman–Crippen MR) is 85.8 cm³/mol. The number of nitrogen functional groups attached to an aromatic ring is 1. The van der Waals surface area contributed by atoms with Crippen LogP contribution in [0.1, 0.15) is 12.7 Å². The monoisotopic (exact) mass is 392 g/mol. The molecule has 0 aliphatic carbocycles. The minimum Gasteiger partial charge on any atom is -0.469 e. The van der Waals surface area contributed by atoms with Gasteiger partial charge in [-0.3, -0.25) is 0 Å². The maximum Gasteiger partial charge on any atom is 0.242 e. The van der Waals surface area contributed by atoms with E-state index in [1.54, 1.807) is 25.3 Å². The lowest BCUT2D eigenvalue weighted by molar-refractivity contribution is 0.479. The van der Waals surface area contributed by atoms with E-state index in [1.165, 1.54) is 12.1 Å². The molecule has 2 aromatic rings. The number of rotatable bonds is 5. The van der Waals surface area contributed by atoms with Crippen LogP contribution in [0, 0.1) is 0 Å². The summed E-state index contributed by atoms with van der Waals surface area (Å²) in [5, 5.41) is 0.259. The van der Waals surface area contributed by atoms with Crippen LogP contribution in [-0.2, 0) is 16.4 Å². The zero-order valence-corrected chi connectivity index (χ0v) is 14.3. The van der Waals surface area contributed by atoms with E-state index in [1.807, 2.05) is 0 Å². The van der Waals surface area contributed by atoms with Gasteiger partial charge in [0.1, 0.15) is 5.76 Å². The Kier molecular flexibility index (Phi) is 4.98. The van der Waals surface area contributed by atoms with Crippen molar-refractivity contribution in [2.24, 2.45) is 0 Å². The van der Waals surface area contributed by atoms with Gasteiger partial charge in [0.15, 0.2) is 0 Å². The highest BCUT2D eigenvalue weighted by molar-refractivity contribution is 9.10. The summed E-state index contributed by atoms with van der Waals surface area (Å²) in [6.07, 6.45) is 1.99. The number of hydrogen-bond acceptors (Lipinski definition) is 4. The van der Waals surface area contributed by atoms with E-state index in [-0.39, 0.29) is 21.6 Å². The van der Waals surface area contributed by atoms with Gasteiger partial charge in [-0.15, -0.1) is 0 Å². The lowest BCUT2D eigenvalue weighted by Gasteiger charge is -2.15. The first-order valence-electron chi connectivity index (χ1n) is 6.09. The second-order valence-corrected chi connectivity index (χ2v) is 7.52. The summed E-state index contributed by atoms with van der Waals surface area (Å²) < 4.78 is 32.9. The molecule has 21 heavy (non-hydrogen) atoms. The van der Waals surface area contributed by atoms with Crippen molar-refractivity contribution in [2.45, 2.75) is 24.3 Å². The first kappa shape index (κ1) is 16.4.